The Morgan fingerprint density at radius 2 is 2.08 bits per heavy atom. The molecule has 9 heteroatoms. The van der Waals surface area contributed by atoms with Gasteiger partial charge < -0.3 is 15.9 Å². The first kappa shape index (κ1) is 18.1. The minimum absolute atomic E-state index is 0.0286. The molecule has 1 amide bonds. The largest absolute Gasteiger partial charge is 0.482 e. The summed E-state index contributed by atoms with van der Waals surface area (Å²) in [5, 5.41) is 11.0. The summed E-state index contributed by atoms with van der Waals surface area (Å²) in [7, 11) is 0. The zero-order valence-corrected chi connectivity index (χ0v) is 14.6. The van der Waals surface area contributed by atoms with Crippen LogP contribution in [-0.4, -0.2) is 32.1 Å². The van der Waals surface area contributed by atoms with E-state index in [4.69, 9.17) is 10.6 Å². The maximum atomic E-state index is 13.5. The van der Waals surface area contributed by atoms with E-state index in [1.165, 1.54) is 16.8 Å². The Hall–Kier alpha value is -2.29. The molecule has 130 valence electrons. The van der Waals surface area contributed by atoms with E-state index in [-0.39, 0.29) is 29.6 Å². The van der Waals surface area contributed by atoms with Gasteiger partial charge in [0, 0.05) is 5.54 Å². The van der Waals surface area contributed by atoms with Crippen LogP contribution in [0.15, 0.2) is 29.4 Å². The maximum Gasteiger partial charge on any atom is 0.230 e. The number of halogens is 1. The van der Waals surface area contributed by atoms with Crippen molar-refractivity contribution in [3.05, 3.63) is 35.9 Å². The van der Waals surface area contributed by atoms with Gasteiger partial charge in [-0.25, -0.2) is 9.07 Å². The third-order valence-corrected chi connectivity index (χ3v) is 3.72. The van der Waals surface area contributed by atoms with E-state index >= 15 is 0 Å². The summed E-state index contributed by atoms with van der Waals surface area (Å²) in [4.78, 5) is 11.8. The average molecular weight is 353 g/mol. The summed E-state index contributed by atoms with van der Waals surface area (Å²) in [6, 6.07) is 6.06. The van der Waals surface area contributed by atoms with Crippen molar-refractivity contribution in [3.8, 4) is 5.75 Å². The van der Waals surface area contributed by atoms with Gasteiger partial charge in [-0.3, -0.25) is 4.79 Å². The number of thioether (sulfide) groups is 1. The Morgan fingerprint density at radius 3 is 2.75 bits per heavy atom. The Labute approximate surface area is 143 Å². The number of aromatic nitrogens is 3. The van der Waals surface area contributed by atoms with Gasteiger partial charge in [-0.15, -0.1) is 10.2 Å². The molecule has 0 aliphatic carbocycles. The second kappa shape index (κ2) is 7.52. The number of benzene rings is 1. The molecule has 0 radical (unpaired) electrons. The van der Waals surface area contributed by atoms with Crippen molar-refractivity contribution < 1.29 is 13.9 Å². The lowest BCUT2D eigenvalue weighted by molar-refractivity contribution is -0.119. The molecule has 0 aliphatic heterocycles. The lowest BCUT2D eigenvalue weighted by Crippen LogP contribution is -2.41. The van der Waals surface area contributed by atoms with E-state index in [9.17, 15) is 9.18 Å². The van der Waals surface area contributed by atoms with Crippen LogP contribution < -0.4 is 15.9 Å². The number of carbonyl (C=O) groups excluding carboxylic acids is 1. The van der Waals surface area contributed by atoms with Gasteiger partial charge in [-0.05, 0) is 32.9 Å². The van der Waals surface area contributed by atoms with Crippen molar-refractivity contribution in [1.82, 2.24) is 20.2 Å². The predicted molar refractivity (Wildman–Crippen MR) is 89.5 cm³/mol. The number of ether oxygens (including phenoxy) is 1. The second-order valence-corrected chi connectivity index (χ2v) is 7.02. The molecule has 0 spiro atoms. The molecule has 1 aromatic heterocycles. The van der Waals surface area contributed by atoms with Crippen molar-refractivity contribution in [2.45, 2.75) is 38.1 Å². The van der Waals surface area contributed by atoms with Crippen LogP contribution in [0, 0.1) is 5.82 Å². The van der Waals surface area contributed by atoms with Gasteiger partial charge in [0.05, 0.1) is 5.75 Å². The Bertz CT molecular complexity index is 714. The topological polar surface area (TPSA) is 95.1 Å². The first-order valence-corrected chi connectivity index (χ1v) is 8.25. The third kappa shape index (κ3) is 5.12. The van der Waals surface area contributed by atoms with Gasteiger partial charge in [0.2, 0.25) is 11.1 Å². The molecule has 0 saturated heterocycles. The van der Waals surface area contributed by atoms with Gasteiger partial charge in [0.1, 0.15) is 6.61 Å². The molecule has 2 rings (SSSR count). The van der Waals surface area contributed by atoms with Gasteiger partial charge in [0.25, 0.3) is 0 Å². The summed E-state index contributed by atoms with van der Waals surface area (Å²) >= 11 is 1.16. The van der Waals surface area contributed by atoms with Crippen LogP contribution in [0.25, 0.3) is 0 Å². The molecule has 7 nitrogen and oxygen atoms in total. The van der Waals surface area contributed by atoms with E-state index in [1.807, 2.05) is 20.8 Å². The van der Waals surface area contributed by atoms with E-state index in [1.54, 1.807) is 12.1 Å². The summed E-state index contributed by atoms with van der Waals surface area (Å²) in [6.07, 6.45) is 0. The van der Waals surface area contributed by atoms with Gasteiger partial charge >= 0.3 is 0 Å². The first-order chi connectivity index (χ1) is 11.3. The zero-order chi connectivity index (χ0) is 17.7. The molecule has 0 fully saturated rings. The highest BCUT2D eigenvalue weighted by atomic mass is 32.2. The number of hydrogen-bond donors (Lipinski definition) is 2. The number of nitrogens with one attached hydrogen (secondary N) is 1. The van der Waals surface area contributed by atoms with Crippen molar-refractivity contribution in [1.29, 1.82) is 0 Å². The number of nitrogens with two attached hydrogens (primary N) is 1. The lowest BCUT2D eigenvalue weighted by atomic mass is 10.1. The summed E-state index contributed by atoms with van der Waals surface area (Å²) in [5.41, 5.74) is -0.299. The Kier molecular flexibility index (Phi) is 5.66. The fourth-order valence-electron chi connectivity index (χ4n) is 1.79. The molecule has 0 bridgehead atoms. The molecule has 0 saturated carbocycles. The molecule has 2 aromatic rings. The average Bonchev–Trinajstić information content (AvgIpc) is 2.83. The lowest BCUT2D eigenvalue weighted by Gasteiger charge is -2.20. The molecule has 1 heterocycles. The van der Waals surface area contributed by atoms with Crippen LogP contribution in [0.3, 0.4) is 0 Å². The van der Waals surface area contributed by atoms with Gasteiger partial charge in [-0.2, -0.15) is 0 Å². The quantitative estimate of drug-likeness (QED) is 0.606. The maximum absolute atomic E-state index is 13.5. The standard InChI is InChI=1S/C15H20FN5O2S/c1-15(2,3)18-13(22)9-24-14-20-19-12(21(14)17)8-23-11-7-5-4-6-10(11)16/h4-7H,8-9,17H2,1-3H3,(H,18,22). The molecule has 0 unspecified atom stereocenters. The number of hydrogen-bond acceptors (Lipinski definition) is 6. The summed E-state index contributed by atoms with van der Waals surface area (Å²) < 4.78 is 20.1. The van der Waals surface area contributed by atoms with Crippen LogP contribution in [0.1, 0.15) is 26.6 Å². The van der Waals surface area contributed by atoms with E-state index < -0.39 is 5.82 Å². The number of para-hydroxylation sites is 1. The van der Waals surface area contributed by atoms with E-state index in [0.717, 1.165) is 11.8 Å². The minimum Gasteiger partial charge on any atom is -0.482 e. The third-order valence-electron chi connectivity index (χ3n) is 2.78. The molecular weight excluding hydrogens is 333 g/mol. The molecule has 0 atom stereocenters. The van der Waals surface area contributed by atoms with Gasteiger partial charge in [0.15, 0.2) is 17.4 Å². The molecule has 3 N–H and O–H groups in total. The Morgan fingerprint density at radius 1 is 1.38 bits per heavy atom. The predicted octanol–water partition coefficient (Wildman–Crippen LogP) is 1.72. The smallest absolute Gasteiger partial charge is 0.230 e. The SMILES string of the molecule is CC(C)(C)NC(=O)CSc1nnc(COc2ccccc2F)n1N. The summed E-state index contributed by atoms with van der Waals surface area (Å²) in [5.74, 6) is 5.90. The fourth-order valence-corrected chi connectivity index (χ4v) is 2.47. The van der Waals surface area contributed by atoms with E-state index in [2.05, 4.69) is 15.5 Å². The van der Waals surface area contributed by atoms with E-state index in [0.29, 0.717) is 11.0 Å². The highest BCUT2D eigenvalue weighted by Gasteiger charge is 2.16. The summed E-state index contributed by atoms with van der Waals surface area (Å²) in [6.45, 7) is 5.68. The second-order valence-electron chi connectivity index (χ2n) is 6.07. The zero-order valence-electron chi connectivity index (χ0n) is 13.7. The van der Waals surface area contributed by atoms with Crippen molar-refractivity contribution in [3.63, 3.8) is 0 Å². The van der Waals surface area contributed by atoms with Crippen LogP contribution in [0.2, 0.25) is 0 Å². The monoisotopic (exact) mass is 353 g/mol. The normalized spacial score (nSPS) is 11.3. The fraction of sp³-hybridized carbons (Fsp3) is 0.400. The number of rotatable bonds is 6. The van der Waals surface area contributed by atoms with Crippen LogP contribution in [0.5, 0.6) is 5.75 Å². The van der Waals surface area contributed by atoms with Crippen molar-refractivity contribution in [2.24, 2.45) is 0 Å². The highest BCUT2D eigenvalue weighted by Crippen LogP contribution is 2.18. The Balaban J connectivity index is 1.91. The minimum atomic E-state index is -0.464. The van der Waals surface area contributed by atoms with Crippen LogP contribution >= 0.6 is 11.8 Å². The van der Waals surface area contributed by atoms with Crippen molar-refractivity contribution in [2.75, 3.05) is 11.6 Å². The molecule has 24 heavy (non-hydrogen) atoms. The van der Waals surface area contributed by atoms with Gasteiger partial charge in [-0.1, -0.05) is 23.9 Å². The number of amides is 1. The number of carbonyl (C=O) groups is 1. The molecular formula is C15H20FN5O2S. The highest BCUT2D eigenvalue weighted by molar-refractivity contribution is 7.99. The number of nitrogens with zero attached hydrogens (tertiary/aromatic N) is 3. The van der Waals surface area contributed by atoms with Crippen molar-refractivity contribution >= 4 is 17.7 Å². The van der Waals surface area contributed by atoms with Crippen LogP contribution in [-0.2, 0) is 11.4 Å². The first-order valence-electron chi connectivity index (χ1n) is 7.27. The molecule has 1 aromatic carbocycles. The van der Waals surface area contributed by atoms with Crippen LogP contribution in [0.4, 0.5) is 4.39 Å². The number of nitrogen functional groups attached to an aromatic ring is 1. The molecule has 0 aliphatic rings.